The number of rotatable bonds is 2. The summed E-state index contributed by atoms with van der Waals surface area (Å²) in [6.07, 6.45) is 0.611. The molecule has 0 fully saturated rings. The zero-order valence-electron chi connectivity index (χ0n) is 5.18. The Balaban J connectivity index is 3.79. The van der Waals surface area contributed by atoms with Crippen LogP contribution in [-0.2, 0) is 14.3 Å². The molecule has 0 aliphatic rings. The van der Waals surface area contributed by atoms with Crippen molar-refractivity contribution >= 4 is 5.97 Å². The molecule has 0 saturated heterocycles. The van der Waals surface area contributed by atoms with Crippen molar-refractivity contribution in [1.29, 1.82) is 0 Å². The van der Waals surface area contributed by atoms with E-state index in [0.717, 1.165) is 14.2 Å². The third kappa shape index (κ3) is 3.52. The first-order valence-electron chi connectivity index (χ1n) is 2.20. The molecule has 9 heavy (non-hydrogen) atoms. The highest BCUT2D eigenvalue weighted by Crippen LogP contribution is 1.95. The average molecular weight is 134 g/mol. The van der Waals surface area contributed by atoms with E-state index in [1.54, 1.807) is 0 Å². The molecule has 0 amide bonds. The van der Waals surface area contributed by atoms with Gasteiger partial charge < -0.3 is 9.47 Å². The molecule has 0 radical (unpaired) electrons. The van der Waals surface area contributed by atoms with Crippen LogP contribution in [0.2, 0.25) is 0 Å². The van der Waals surface area contributed by atoms with E-state index in [1.165, 1.54) is 0 Å². The van der Waals surface area contributed by atoms with E-state index in [2.05, 4.69) is 9.47 Å². The number of hydrogen-bond donors (Lipinski definition) is 0. The minimum atomic E-state index is -0.957. The Morgan fingerprint density at radius 2 is 2.00 bits per heavy atom. The van der Waals surface area contributed by atoms with Crippen LogP contribution >= 0.6 is 0 Å². The number of halogens is 1. The van der Waals surface area contributed by atoms with E-state index in [4.69, 9.17) is 0 Å². The Morgan fingerprint density at radius 1 is 1.44 bits per heavy atom. The first kappa shape index (κ1) is 7.94. The first-order chi connectivity index (χ1) is 4.20. The molecule has 0 aliphatic heterocycles. The normalized spacial score (nSPS) is 10.8. The molecule has 0 aromatic heterocycles. The van der Waals surface area contributed by atoms with Gasteiger partial charge in [0.25, 0.3) is 6.01 Å². The zero-order valence-corrected chi connectivity index (χ0v) is 5.18. The molecular formula is C5H7FO3. The van der Waals surface area contributed by atoms with Crippen LogP contribution in [0.25, 0.3) is 0 Å². The van der Waals surface area contributed by atoms with Gasteiger partial charge in [-0.25, -0.2) is 4.79 Å². The van der Waals surface area contributed by atoms with Gasteiger partial charge in [-0.3, -0.25) is 0 Å². The topological polar surface area (TPSA) is 35.5 Å². The fraction of sp³-hybridized carbons (Fsp3) is 0.400. The fourth-order valence-corrected chi connectivity index (χ4v) is 0.211. The van der Waals surface area contributed by atoms with Crippen molar-refractivity contribution in [3.05, 3.63) is 12.1 Å². The second-order valence-corrected chi connectivity index (χ2v) is 1.18. The summed E-state index contributed by atoms with van der Waals surface area (Å²) in [6.45, 7) is 0. The third-order valence-electron chi connectivity index (χ3n) is 0.628. The fourth-order valence-electron chi connectivity index (χ4n) is 0.211. The summed E-state index contributed by atoms with van der Waals surface area (Å²) in [5.41, 5.74) is 0. The van der Waals surface area contributed by atoms with Crippen molar-refractivity contribution < 1.29 is 18.7 Å². The second kappa shape index (κ2) is 3.88. The summed E-state index contributed by atoms with van der Waals surface area (Å²) in [7, 11) is 2.27. The Bertz CT molecular complexity index is 130. The molecule has 0 spiro atoms. The Labute approximate surface area is 52.1 Å². The van der Waals surface area contributed by atoms with E-state index >= 15 is 0 Å². The van der Waals surface area contributed by atoms with E-state index in [-0.39, 0.29) is 0 Å². The lowest BCUT2D eigenvalue weighted by atomic mass is 10.6. The van der Waals surface area contributed by atoms with Gasteiger partial charge in [0.1, 0.15) is 0 Å². The standard InChI is InChI=1S/C5H7FO3/c1-8-4(6)3-5(7)9-2/h3H,1-2H3/b4-3-. The van der Waals surface area contributed by atoms with E-state index in [1.807, 2.05) is 0 Å². The largest absolute Gasteiger partial charge is 0.474 e. The predicted molar refractivity (Wildman–Crippen MR) is 28.2 cm³/mol. The minimum absolute atomic E-state index is 0.611. The molecule has 0 heterocycles. The van der Waals surface area contributed by atoms with Crippen molar-refractivity contribution in [2.24, 2.45) is 0 Å². The van der Waals surface area contributed by atoms with Gasteiger partial charge in [-0.15, -0.1) is 0 Å². The van der Waals surface area contributed by atoms with Gasteiger partial charge in [-0.05, 0) is 0 Å². The number of carbonyl (C=O) groups is 1. The van der Waals surface area contributed by atoms with Crippen LogP contribution in [0.5, 0.6) is 0 Å². The second-order valence-electron chi connectivity index (χ2n) is 1.18. The van der Waals surface area contributed by atoms with Crippen LogP contribution in [0.4, 0.5) is 4.39 Å². The smallest absolute Gasteiger partial charge is 0.336 e. The van der Waals surface area contributed by atoms with E-state index in [0.29, 0.717) is 6.08 Å². The molecule has 0 aromatic carbocycles. The number of ether oxygens (including phenoxy) is 2. The van der Waals surface area contributed by atoms with Crippen LogP contribution in [0, 0.1) is 0 Å². The van der Waals surface area contributed by atoms with Crippen LogP contribution in [-0.4, -0.2) is 20.2 Å². The highest BCUT2D eigenvalue weighted by atomic mass is 19.1. The van der Waals surface area contributed by atoms with Gasteiger partial charge in [-0.1, -0.05) is 0 Å². The zero-order chi connectivity index (χ0) is 7.28. The monoisotopic (exact) mass is 134 g/mol. The molecule has 0 aromatic rings. The third-order valence-corrected chi connectivity index (χ3v) is 0.628. The number of carbonyl (C=O) groups excluding carboxylic acids is 1. The lowest BCUT2D eigenvalue weighted by Crippen LogP contribution is -1.95. The maximum absolute atomic E-state index is 11.9. The van der Waals surface area contributed by atoms with E-state index < -0.39 is 12.0 Å². The summed E-state index contributed by atoms with van der Waals surface area (Å²) < 4.78 is 20.0. The number of hydrogen-bond acceptors (Lipinski definition) is 3. The molecule has 0 rings (SSSR count). The van der Waals surface area contributed by atoms with Crippen LogP contribution in [0.1, 0.15) is 0 Å². The van der Waals surface area contributed by atoms with Gasteiger partial charge >= 0.3 is 5.97 Å². The summed E-state index contributed by atoms with van der Waals surface area (Å²) in [4.78, 5) is 10.2. The summed E-state index contributed by atoms with van der Waals surface area (Å²) in [6, 6.07) is -0.957. The lowest BCUT2D eigenvalue weighted by molar-refractivity contribution is -0.135. The van der Waals surface area contributed by atoms with Crippen molar-refractivity contribution in [1.82, 2.24) is 0 Å². The molecule has 0 bridgehead atoms. The van der Waals surface area contributed by atoms with Gasteiger partial charge in [-0.2, -0.15) is 4.39 Å². The molecule has 0 aliphatic carbocycles. The molecule has 52 valence electrons. The molecule has 4 heteroatoms. The molecule has 0 atom stereocenters. The predicted octanol–water partition coefficient (Wildman–Crippen LogP) is 0.617. The maximum atomic E-state index is 11.9. The summed E-state index contributed by atoms with van der Waals surface area (Å²) in [5, 5.41) is 0. The lowest BCUT2D eigenvalue weighted by Gasteiger charge is -1.91. The first-order valence-corrected chi connectivity index (χ1v) is 2.20. The van der Waals surface area contributed by atoms with Gasteiger partial charge in [0.15, 0.2) is 0 Å². The van der Waals surface area contributed by atoms with Crippen LogP contribution < -0.4 is 0 Å². The number of methoxy groups -OCH3 is 2. The van der Waals surface area contributed by atoms with Crippen molar-refractivity contribution in [3.63, 3.8) is 0 Å². The highest BCUT2D eigenvalue weighted by molar-refractivity contribution is 5.81. The average Bonchev–Trinajstić information content (AvgIpc) is 1.87. The molecule has 0 saturated carbocycles. The molecule has 3 nitrogen and oxygen atoms in total. The molecule has 0 unspecified atom stereocenters. The Hall–Kier alpha value is -1.06. The summed E-state index contributed by atoms with van der Waals surface area (Å²) in [5.74, 6) is -0.769. The molecule has 0 N–H and O–H groups in total. The van der Waals surface area contributed by atoms with Crippen molar-refractivity contribution in [3.8, 4) is 0 Å². The van der Waals surface area contributed by atoms with Crippen molar-refractivity contribution in [2.75, 3.05) is 14.2 Å². The Morgan fingerprint density at radius 3 is 2.33 bits per heavy atom. The SMILES string of the molecule is COC(=O)/C=C(/F)OC. The number of esters is 1. The quantitative estimate of drug-likeness (QED) is 0.315. The van der Waals surface area contributed by atoms with Crippen LogP contribution in [0.3, 0.4) is 0 Å². The molecular weight excluding hydrogens is 127 g/mol. The summed E-state index contributed by atoms with van der Waals surface area (Å²) >= 11 is 0. The van der Waals surface area contributed by atoms with Crippen molar-refractivity contribution in [2.45, 2.75) is 0 Å². The Kier molecular flexibility index (Phi) is 3.43. The maximum Gasteiger partial charge on any atom is 0.336 e. The van der Waals surface area contributed by atoms with Gasteiger partial charge in [0, 0.05) is 0 Å². The van der Waals surface area contributed by atoms with Gasteiger partial charge in [0.05, 0.1) is 20.3 Å². The minimum Gasteiger partial charge on any atom is -0.474 e. The van der Waals surface area contributed by atoms with Gasteiger partial charge in [0.2, 0.25) is 0 Å². The highest BCUT2D eigenvalue weighted by Gasteiger charge is 1.97. The van der Waals surface area contributed by atoms with E-state index in [9.17, 15) is 9.18 Å². The van der Waals surface area contributed by atoms with Crippen LogP contribution in [0.15, 0.2) is 12.1 Å².